The van der Waals surface area contributed by atoms with E-state index in [0.29, 0.717) is 12.1 Å². The van der Waals surface area contributed by atoms with E-state index in [1.54, 1.807) is 24.3 Å². The molecule has 0 aromatic heterocycles. The van der Waals surface area contributed by atoms with Gasteiger partial charge in [-0.3, -0.25) is 0 Å². The van der Waals surface area contributed by atoms with Crippen molar-refractivity contribution in [1.82, 2.24) is 5.32 Å². The summed E-state index contributed by atoms with van der Waals surface area (Å²) in [6.45, 7) is 2.69. The van der Waals surface area contributed by atoms with Gasteiger partial charge in [-0.25, -0.2) is 9.18 Å². The molecule has 2 aromatic carbocycles. The zero-order valence-corrected chi connectivity index (χ0v) is 12.1. The Hall–Kier alpha value is -2.20. The molecule has 0 aliphatic carbocycles. The molecule has 3 nitrogen and oxygen atoms in total. The lowest BCUT2D eigenvalue weighted by molar-refractivity contribution is 0.0600. The smallest absolute Gasteiger partial charge is 0.337 e. The molecular weight excluding hydrogens is 269 g/mol. The third kappa shape index (κ3) is 4.13. The van der Waals surface area contributed by atoms with E-state index in [1.165, 1.54) is 19.2 Å². The van der Waals surface area contributed by atoms with Crippen LogP contribution in [0.2, 0.25) is 0 Å². The second-order valence-electron chi connectivity index (χ2n) is 4.84. The summed E-state index contributed by atoms with van der Waals surface area (Å²) >= 11 is 0. The van der Waals surface area contributed by atoms with Crippen molar-refractivity contribution in [3.8, 4) is 0 Å². The van der Waals surface area contributed by atoms with Crippen molar-refractivity contribution in [3.05, 3.63) is 71.0 Å². The van der Waals surface area contributed by atoms with E-state index in [1.807, 2.05) is 19.1 Å². The van der Waals surface area contributed by atoms with Crippen LogP contribution in [-0.4, -0.2) is 13.1 Å². The summed E-state index contributed by atoms with van der Waals surface area (Å²) in [7, 11) is 1.36. The number of ether oxygens (including phenoxy) is 1. The highest BCUT2D eigenvalue weighted by atomic mass is 19.1. The second kappa shape index (κ2) is 6.99. The van der Waals surface area contributed by atoms with Crippen LogP contribution in [0, 0.1) is 5.82 Å². The van der Waals surface area contributed by atoms with Gasteiger partial charge in [-0.15, -0.1) is 0 Å². The van der Waals surface area contributed by atoms with Crippen LogP contribution in [0.5, 0.6) is 0 Å². The molecule has 21 heavy (non-hydrogen) atoms. The van der Waals surface area contributed by atoms with Gasteiger partial charge in [0.2, 0.25) is 0 Å². The van der Waals surface area contributed by atoms with Crippen molar-refractivity contribution in [3.63, 3.8) is 0 Å². The first-order valence-corrected chi connectivity index (χ1v) is 6.76. The Morgan fingerprint density at radius 2 is 1.76 bits per heavy atom. The van der Waals surface area contributed by atoms with Gasteiger partial charge < -0.3 is 10.1 Å². The second-order valence-corrected chi connectivity index (χ2v) is 4.84. The first-order chi connectivity index (χ1) is 10.1. The normalized spacial score (nSPS) is 12.0. The van der Waals surface area contributed by atoms with Crippen molar-refractivity contribution >= 4 is 5.97 Å². The molecule has 110 valence electrons. The van der Waals surface area contributed by atoms with Gasteiger partial charge in [-0.1, -0.05) is 24.3 Å². The van der Waals surface area contributed by atoms with E-state index in [9.17, 15) is 9.18 Å². The van der Waals surface area contributed by atoms with Crippen LogP contribution >= 0.6 is 0 Å². The number of halogens is 1. The monoisotopic (exact) mass is 287 g/mol. The minimum atomic E-state index is -0.339. The average Bonchev–Trinajstić information content (AvgIpc) is 2.53. The maximum absolute atomic E-state index is 12.9. The van der Waals surface area contributed by atoms with Crippen molar-refractivity contribution < 1.29 is 13.9 Å². The van der Waals surface area contributed by atoms with Gasteiger partial charge in [0.25, 0.3) is 0 Å². The molecule has 0 fully saturated rings. The molecule has 0 saturated heterocycles. The van der Waals surface area contributed by atoms with E-state index < -0.39 is 0 Å². The van der Waals surface area contributed by atoms with E-state index in [4.69, 9.17) is 0 Å². The number of nitrogens with one attached hydrogen (secondary N) is 1. The summed E-state index contributed by atoms with van der Waals surface area (Å²) in [5.74, 6) is -0.571. The number of rotatable bonds is 5. The van der Waals surface area contributed by atoms with Crippen LogP contribution < -0.4 is 5.32 Å². The lowest BCUT2D eigenvalue weighted by Crippen LogP contribution is -2.18. The molecule has 2 rings (SSSR count). The van der Waals surface area contributed by atoms with E-state index in [2.05, 4.69) is 10.1 Å². The molecule has 1 atom stereocenters. The quantitative estimate of drug-likeness (QED) is 0.856. The number of esters is 1. The van der Waals surface area contributed by atoms with Crippen LogP contribution in [0.1, 0.15) is 34.5 Å². The highest BCUT2D eigenvalue weighted by molar-refractivity contribution is 5.89. The van der Waals surface area contributed by atoms with Crippen LogP contribution in [0.25, 0.3) is 0 Å². The van der Waals surface area contributed by atoms with Crippen molar-refractivity contribution in [2.45, 2.75) is 19.5 Å². The predicted octanol–water partition coefficient (Wildman–Crippen LogP) is 3.46. The largest absolute Gasteiger partial charge is 0.465 e. The molecule has 0 aliphatic rings. The Bertz CT molecular complexity index is 593. The van der Waals surface area contributed by atoms with Gasteiger partial charge in [-0.05, 0) is 42.3 Å². The molecule has 0 radical (unpaired) electrons. The lowest BCUT2D eigenvalue weighted by atomic mass is 10.1. The summed E-state index contributed by atoms with van der Waals surface area (Å²) in [4.78, 5) is 11.3. The molecule has 0 unspecified atom stereocenters. The molecule has 0 bridgehead atoms. The number of carbonyl (C=O) groups is 1. The maximum Gasteiger partial charge on any atom is 0.337 e. The molecule has 0 saturated carbocycles. The fourth-order valence-corrected chi connectivity index (χ4v) is 2.02. The fraction of sp³-hybridized carbons (Fsp3) is 0.235. The van der Waals surface area contributed by atoms with Gasteiger partial charge >= 0.3 is 5.97 Å². The first kappa shape index (κ1) is 15.2. The van der Waals surface area contributed by atoms with Crippen molar-refractivity contribution in [2.75, 3.05) is 7.11 Å². The van der Waals surface area contributed by atoms with Gasteiger partial charge in [0.1, 0.15) is 5.82 Å². The fourth-order valence-electron chi connectivity index (χ4n) is 2.02. The zero-order chi connectivity index (χ0) is 15.2. The molecule has 1 N–H and O–H groups in total. The summed E-state index contributed by atoms with van der Waals surface area (Å²) < 4.78 is 17.5. The molecule has 0 amide bonds. The summed E-state index contributed by atoms with van der Waals surface area (Å²) in [5.41, 5.74) is 2.63. The van der Waals surface area contributed by atoms with E-state index >= 15 is 0 Å². The minimum absolute atomic E-state index is 0.117. The zero-order valence-electron chi connectivity index (χ0n) is 12.1. The Kier molecular flexibility index (Phi) is 5.06. The van der Waals surface area contributed by atoms with Gasteiger partial charge in [0.15, 0.2) is 0 Å². The molecule has 2 aromatic rings. The third-order valence-electron chi connectivity index (χ3n) is 3.36. The SMILES string of the molecule is COC(=O)c1ccc(CN[C@@H](C)c2ccc(F)cc2)cc1. The predicted molar refractivity (Wildman–Crippen MR) is 79.4 cm³/mol. The Morgan fingerprint density at radius 1 is 1.14 bits per heavy atom. The summed E-state index contributed by atoms with van der Waals surface area (Å²) in [6, 6.07) is 13.8. The van der Waals surface area contributed by atoms with Gasteiger partial charge in [0, 0.05) is 12.6 Å². The summed E-state index contributed by atoms with van der Waals surface area (Å²) in [5, 5.41) is 3.36. The number of hydrogen-bond acceptors (Lipinski definition) is 3. The van der Waals surface area contributed by atoms with Crippen LogP contribution in [0.15, 0.2) is 48.5 Å². The maximum atomic E-state index is 12.9. The van der Waals surface area contributed by atoms with Crippen molar-refractivity contribution in [1.29, 1.82) is 0 Å². The van der Waals surface area contributed by atoms with Gasteiger partial charge in [0.05, 0.1) is 12.7 Å². The van der Waals surface area contributed by atoms with E-state index in [0.717, 1.165) is 11.1 Å². The van der Waals surface area contributed by atoms with Gasteiger partial charge in [-0.2, -0.15) is 0 Å². The Balaban J connectivity index is 1.93. The molecule has 4 heteroatoms. The molecule has 0 spiro atoms. The van der Waals surface area contributed by atoms with Crippen molar-refractivity contribution in [2.24, 2.45) is 0 Å². The standard InChI is InChI=1S/C17H18FNO2/c1-12(14-7-9-16(18)10-8-14)19-11-13-3-5-15(6-4-13)17(20)21-2/h3-10,12,19H,11H2,1-2H3/t12-/m0/s1. The molecule has 0 heterocycles. The number of methoxy groups -OCH3 is 1. The number of carbonyl (C=O) groups excluding carboxylic acids is 1. The first-order valence-electron chi connectivity index (χ1n) is 6.76. The van der Waals surface area contributed by atoms with Crippen LogP contribution in [0.3, 0.4) is 0 Å². The number of benzene rings is 2. The summed E-state index contributed by atoms with van der Waals surface area (Å²) in [6.07, 6.45) is 0. The number of hydrogen-bond donors (Lipinski definition) is 1. The highest BCUT2D eigenvalue weighted by Crippen LogP contribution is 2.14. The minimum Gasteiger partial charge on any atom is -0.465 e. The van der Waals surface area contributed by atoms with Crippen LogP contribution in [0.4, 0.5) is 4.39 Å². The topological polar surface area (TPSA) is 38.3 Å². The Labute approximate surface area is 123 Å². The van der Waals surface area contributed by atoms with E-state index in [-0.39, 0.29) is 17.8 Å². The highest BCUT2D eigenvalue weighted by Gasteiger charge is 2.07. The third-order valence-corrected chi connectivity index (χ3v) is 3.36. The molecular formula is C17H18FNO2. The lowest BCUT2D eigenvalue weighted by Gasteiger charge is -2.14. The average molecular weight is 287 g/mol. The Morgan fingerprint density at radius 3 is 2.33 bits per heavy atom. The van der Waals surface area contributed by atoms with Crippen LogP contribution in [-0.2, 0) is 11.3 Å². The molecule has 0 aliphatic heterocycles.